The Balaban J connectivity index is 1.91. The van der Waals surface area contributed by atoms with Gasteiger partial charge in [-0.1, -0.05) is 29.8 Å². The summed E-state index contributed by atoms with van der Waals surface area (Å²) >= 11 is 5.83. The van der Waals surface area contributed by atoms with Gasteiger partial charge in [0.25, 0.3) is 11.6 Å². The van der Waals surface area contributed by atoms with Crippen LogP contribution in [0.25, 0.3) is 0 Å². The van der Waals surface area contributed by atoms with Gasteiger partial charge in [-0.3, -0.25) is 14.9 Å². The number of rotatable bonds is 7. The molecule has 2 aromatic carbocycles. The van der Waals surface area contributed by atoms with Crippen molar-refractivity contribution in [3.8, 4) is 11.5 Å². The van der Waals surface area contributed by atoms with Crippen LogP contribution in [0.4, 0.5) is 18.9 Å². The molecule has 0 aliphatic rings. The van der Waals surface area contributed by atoms with Gasteiger partial charge in [0.05, 0.1) is 9.95 Å². The molecule has 0 saturated carbocycles. The van der Waals surface area contributed by atoms with Crippen molar-refractivity contribution < 1.29 is 32.4 Å². The van der Waals surface area contributed by atoms with Crippen molar-refractivity contribution in [2.75, 3.05) is 6.61 Å². The van der Waals surface area contributed by atoms with Crippen LogP contribution >= 0.6 is 11.6 Å². The Labute approximate surface area is 155 Å². The van der Waals surface area contributed by atoms with Crippen molar-refractivity contribution in [1.29, 1.82) is 0 Å². The van der Waals surface area contributed by atoms with Crippen LogP contribution in [0, 0.1) is 10.1 Å². The molecule has 0 unspecified atom stereocenters. The normalized spacial score (nSPS) is 11.0. The second-order valence-corrected chi connectivity index (χ2v) is 5.50. The van der Waals surface area contributed by atoms with E-state index in [1.807, 2.05) is 0 Å². The molecule has 0 heterocycles. The number of alkyl halides is 3. The van der Waals surface area contributed by atoms with Crippen LogP contribution in [-0.2, 0) is 11.3 Å². The van der Waals surface area contributed by atoms with Gasteiger partial charge in [0, 0.05) is 24.2 Å². The fourth-order valence-electron chi connectivity index (χ4n) is 1.98. The van der Waals surface area contributed by atoms with E-state index >= 15 is 0 Å². The average Bonchev–Trinajstić information content (AvgIpc) is 2.58. The van der Waals surface area contributed by atoms with E-state index in [9.17, 15) is 28.1 Å². The number of benzene rings is 2. The minimum absolute atomic E-state index is 0.0539. The first kappa shape index (κ1) is 20.3. The zero-order valence-electron chi connectivity index (χ0n) is 13.5. The van der Waals surface area contributed by atoms with Crippen LogP contribution in [0.1, 0.15) is 5.56 Å². The lowest BCUT2D eigenvalue weighted by molar-refractivity contribution is -0.384. The zero-order valence-corrected chi connectivity index (χ0v) is 14.2. The third-order valence-electron chi connectivity index (χ3n) is 3.16. The number of amides is 1. The first-order chi connectivity index (χ1) is 12.7. The SMILES string of the molecule is O=C(COc1ccc([N+](=O)[O-])cc1Cl)NCc1ccccc1OC(F)(F)F. The number of hydrogen-bond donors (Lipinski definition) is 1. The number of nitrogens with zero attached hydrogens (tertiary/aromatic N) is 1. The van der Waals surface area contributed by atoms with Gasteiger partial charge in [-0.05, 0) is 12.1 Å². The van der Waals surface area contributed by atoms with Crippen LogP contribution in [0.15, 0.2) is 42.5 Å². The molecule has 2 aromatic rings. The Kier molecular flexibility index (Phi) is 6.45. The number of para-hydroxylation sites is 1. The molecule has 1 N–H and O–H groups in total. The number of hydrogen-bond acceptors (Lipinski definition) is 5. The molecule has 0 aromatic heterocycles. The van der Waals surface area contributed by atoms with E-state index in [1.165, 1.54) is 24.3 Å². The predicted molar refractivity (Wildman–Crippen MR) is 88.6 cm³/mol. The second-order valence-electron chi connectivity index (χ2n) is 5.09. The lowest BCUT2D eigenvalue weighted by Crippen LogP contribution is -2.29. The Hall–Kier alpha value is -3.01. The van der Waals surface area contributed by atoms with Crippen molar-refractivity contribution >= 4 is 23.2 Å². The number of nitro groups is 1. The van der Waals surface area contributed by atoms with E-state index < -0.39 is 29.5 Å². The molecule has 27 heavy (non-hydrogen) atoms. The summed E-state index contributed by atoms with van der Waals surface area (Å²) in [5.74, 6) is -1.01. The van der Waals surface area contributed by atoms with Gasteiger partial charge in [0.1, 0.15) is 11.5 Å². The van der Waals surface area contributed by atoms with Crippen LogP contribution < -0.4 is 14.8 Å². The van der Waals surface area contributed by atoms with E-state index in [0.717, 1.165) is 18.2 Å². The molecule has 7 nitrogen and oxygen atoms in total. The van der Waals surface area contributed by atoms with Crippen molar-refractivity contribution in [2.24, 2.45) is 0 Å². The quantitative estimate of drug-likeness (QED) is 0.559. The number of halogens is 4. The van der Waals surface area contributed by atoms with Crippen LogP contribution in [0.3, 0.4) is 0 Å². The summed E-state index contributed by atoms with van der Waals surface area (Å²) in [5.41, 5.74) is -0.116. The van der Waals surface area contributed by atoms with Gasteiger partial charge in [-0.2, -0.15) is 0 Å². The summed E-state index contributed by atoms with van der Waals surface area (Å²) in [6.07, 6.45) is -4.85. The van der Waals surface area contributed by atoms with Gasteiger partial charge in [-0.15, -0.1) is 13.2 Å². The zero-order chi connectivity index (χ0) is 20.0. The van der Waals surface area contributed by atoms with Crippen LogP contribution in [-0.4, -0.2) is 23.8 Å². The van der Waals surface area contributed by atoms with Crippen molar-refractivity contribution in [2.45, 2.75) is 12.9 Å². The van der Waals surface area contributed by atoms with E-state index in [0.29, 0.717) is 0 Å². The number of non-ortho nitro benzene ring substituents is 1. The topological polar surface area (TPSA) is 90.7 Å². The first-order valence-electron chi connectivity index (χ1n) is 7.33. The maximum absolute atomic E-state index is 12.4. The van der Waals surface area contributed by atoms with Gasteiger partial charge < -0.3 is 14.8 Å². The molecular formula is C16H12ClF3N2O5. The molecule has 0 aliphatic carbocycles. The maximum Gasteiger partial charge on any atom is 0.573 e. The molecule has 0 fully saturated rings. The van der Waals surface area contributed by atoms with E-state index in [4.69, 9.17) is 16.3 Å². The number of nitrogens with one attached hydrogen (secondary N) is 1. The highest BCUT2D eigenvalue weighted by Gasteiger charge is 2.32. The molecule has 0 saturated heterocycles. The second kappa shape index (κ2) is 8.58. The molecule has 144 valence electrons. The van der Waals surface area contributed by atoms with Crippen molar-refractivity contribution in [3.63, 3.8) is 0 Å². The highest BCUT2D eigenvalue weighted by Crippen LogP contribution is 2.29. The minimum Gasteiger partial charge on any atom is -0.482 e. The Morgan fingerprint density at radius 1 is 1.19 bits per heavy atom. The Morgan fingerprint density at radius 3 is 2.52 bits per heavy atom. The van der Waals surface area contributed by atoms with Crippen LogP contribution in [0.2, 0.25) is 5.02 Å². The number of carbonyl (C=O) groups excluding carboxylic acids is 1. The molecule has 0 bridgehead atoms. The van der Waals surface area contributed by atoms with Crippen LogP contribution in [0.5, 0.6) is 11.5 Å². The summed E-state index contributed by atoms with van der Waals surface area (Å²) < 4.78 is 46.1. The van der Waals surface area contributed by atoms with Gasteiger partial charge in [0.15, 0.2) is 6.61 Å². The van der Waals surface area contributed by atoms with E-state index in [1.54, 1.807) is 0 Å². The average molecular weight is 405 g/mol. The molecule has 0 spiro atoms. The van der Waals surface area contributed by atoms with Gasteiger partial charge in [-0.25, -0.2) is 0 Å². The van der Waals surface area contributed by atoms with Crippen molar-refractivity contribution in [3.05, 3.63) is 63.2 Å². The number of carbonyl (C=O) groups is 1. The molecule has 2 rings (SSSR count). The molecule has 1 amide bonds. The highest BCUT2D eigenvalue weighted by atomic mass is 35.5. The predicted octanol–water partition coefficient (Wildman–Crippen LogP) is 3.84. The molecular weight excluding hydrogens is 393 g/mol. The summed E-state index contributed by atoms with van der Waals surface area (Å²) in [7, 11) is 0. The van der Waals surface area contributed by atoms with E-state index in [-0.39, 0.29) is 28.6 Å². The summed E-state index contributed by atoms with van der Waals surface area (Å²) in [6.45, 7) is -0.706. The monoisotopic (exact) mass is 404 g/mol. The molecule has 11 heteroatoms. The van der Waals surface area contributed by atoms with E-state index in [2.05, 4.69) is 10.1 Å². The van der Waals surface area contributed by atoms with Crippen molar-refractivity contribution in [1.82, 2.24) is 5.32 Å². The summed E-state index contributed by atoms with van der Waals surface area (Å²) in [5, 5.41) is 13.0. The Morgan fingerprint density at radius 2 is 1.89 bits per heavy atom. The largest absolute Gasteiger partial charge is 0.573 e. The number of ether oxygens (including phenoxy) is 2. The van der Waals surface area contributed by atoms with Gasteiger partial charge >= 0.3 is 6.36 Å². The lowest BCUT2D eigenvalue weighted by atomic mass is 10.2. The third kappa shape index (κ3) is 6.33. The standard InChI is InChI=1S/C16H12ClF3N2O5/c17-12-7-11(22(24)25)5-6-14(12)26-9-15(23)21-8-10-3-1-2-4-13(10)27-16(18,19)20/h1-7H,8-9H2,(H,21,23). The minimum atomic E-state index is -4.85. The lowest BCUT2D eigenvalue weighted by Gasteiger charge is -2.14. The molecule has 0 atom stereocenters. The molecule has 0 radical (unpaired) electrons. The number of nitro benzene ring substituents is 1. The maximum atomic E-state index is 12.4. The fourth-order valence-corrected chi connectivity index (χ4v) is 2.21. The smallest absolute Gasteiger partial charge is 0.482 e. The summed E-state index contributed by atoms with van der Waals surface area (Å²) in [6, 6.07) is 8.82. The summed E-state index contributed by atoms with van der Waals surface area (Å²) in [4.78, 5) is 21.8. The fraction of sp³-hybridized carbons (Fsp3) is 0.188. The molecule has 0 aliphatic heterocycles. The highest BCUT2D eigenvalue weighted by molar-refractivity contribution is 6.32. The van der Waals surface area contributed by atoms with Gasteiger partial charge in [0.2, 0.25) is 0 Å². The Bertz CT molecular complexity index is 845. The third-order valence-corrected chi connectivity index (χ3v) is 3.45. The first-order valence-corrected chi connectivity index (χ1v) is 7.70.